The molecule has 0 saturated heterocycles. The Morgan fingerprint density at radius 3 is 2.73 bits per heavy atom. The SMILES string of the molecule is CCCc1nc(C(N)C2CC2)sc1CC. The second-order valence-corrected chi connectivity index (χ2v) is 5.50. The van der Waals surface area contributed by atoms with Gasteiger partial charge >= 0.3 is 0 Å². The van der Waals surface area contributed by atoms with Crippen molar-refractivity contribution in [1.29, 1.82) is 0 Å². The van der Waals surface area contributed by atoms with Crippen molar-refractivity contribution in [1.82, 2.24) is 4.98 Å². The van der Waals surface area contributed by atoms with E-state index < -0.39 is 0 Å². The first-order chi connectivity index (χ1) is 7.26. The number of rotatable bonds is 5. The van der Waals surface area contributed by atoms with Crippen molar-refractivity contribution in [2.24, 2.45) is 11.7 Å². The summed E-state index contributed by atoms with van der Waals surface area (Å²) in [5.41, 5.74) is 7.48. The van der Waals surface area contributed by atoms with Crippen LogP contribution in [0.4, 0.5) is 0 Å². The topological polar surface area (TPSA) is 38.9 Å². The second kappa shape index (κ2) is 4.62. The molecule has 0 bridgehead atoms. The normalized spacial score (nSPS) is 18.1. The molecule has 1 unspecified atom stereocenters. The lowest BCUT2D eigenvalue weighted by atomic mass is 10.2. The van der Waals surface area contributed by atoms with Crippen molar-refractivity contribution in [3.63, 3.8) is 0 Å². The first-order valence-electron chi connectivity index (χ1n) is 6.00. The summed E-state index contributed by atoms with van der Waals surface area (Å²) in [5, 5.41) is 1.18. The highest BCUT2D eigenvalue weighted by Gasteiger charge is 2.31. The van der Waals surface area contributed by atoms with E-state index in [1.807, 2.05) is 11.3 Å². The predicted octanol–water partition coefficient (Wildman–Crippen LogP) is 3.07. The summed E-state index contributed by atoms with van der Waals surface area (Å²) < 4.78 is 0. The molecule has 0 radical (unpaired) electrons. The third-order valence-electron chi connectivity index (χ3n) is 3.02. The average Bonchev–Trinajstić information content (AvgIpc) is 3.00. The fourth-order valence-corrected chi connectivity index (χ4v) is 3.06. The van der Waals surface area contributed by atoms with Gasteiger partial charge in [-0.2, -0.15) is 0 Å². The molecule has 1 aliphatic carbocycles. The van der Waals surface area contributed by atoms with Crippen LogP contribution in [0.3, 0.4) is 0 Å². The highest BCUT2D eigenvalue weighted by atomic mass is 32.1. The van der Waals surface area contributed by atoms with E-state index >= 15 is 0 Å². The Hall–Kier alpha value is -0.410. The Balaban J connectivity index is 2.17. The van der Waals surface area contributed by atoms with E-state index in [1.165, 1.54) is 34.8 Å². The van der Waals surface area contributed by atoms with E-state index in [9.17, 15) is 0 Å². The molecule has 3 heteroatoms. The van der Waals surface area contributed by atoms with Crippen molar-refractivity contribution in [2.45, 2.75) is 52.0 Å². The van der Waals surface area contributed by atoms with Crippen molar-refractivity contribution in [3.8, 4) is 0 Å². The smallest absolute Gasteiger partial charge is 0.110 e. The third kappa shape index (κ3) is 2.40. The fraction of sp³-hybridized carbons (Fsp3) is 0.750. The Morgan fingerprint density at radius 1 is 1.47 bits per heavy atom. The molecule has 1 aromatic heterocycles. The predicted molar refractivity (Wildman–Crippen MR) is 65.1 cm³/mol. The molecule has 0 amide bonds. The quantitative estimate of drug-likeness (QED) is 0.835. The van der Waals surface area contributed by atoms with Gasteiger partial charge in [0.1, 0.15) is 5.01 Å². The number of aryl methyl sites for hydroxylation is 2. The van der Waals surface area contributed by atoms with E-state index in [0.29, 0.717) is 0 Å². The van der Waals surface area contributed by atoms with E-state index in [2.05, 4.69) is 13.8 Å². The summed E-state index contributed by atoms with van der Waals surface area (Å²) >= 11 is 1.84. The number of hydrogen-bond acceptors (Lipinski definition) is 3. The summed E-state index contributed by atoms with van der Waals surface area (Å²) in [4.78, 5) is 6.17. The van der Waals surface area contributed by atoms with Gasteiger partial charge in [-0.05, 0) is 31.6 Å². The van der Waals surface area contributed by atoms with Crippen molar-refractivity contribution in [2.75, 3.05) is 0 Å². The van der Waals surface area contributed by atoms with Gasteiger partial charge in [-0.3, -0.25) is 0 Å². The molecule has 2 rings (SSSR count). The third-order valence-corrected chi connectivity index (χ3v) is 4.36. The molecule has 1 aromatic rings. The Kier molecular flexibility index (Phi) is 3.42. The first-order valence-corrected chi connectivity index (χ1v) is 6.82. The van der Waals surface area contributed by atoms with Crippen LogP contribution in [0.5, 0.6) is 0 Å². The monoisotopic (exact) mass is 224 g/mol. The van der Waals surface area contributed by atoms with Gasteiger partial charge in [0.2, 0.25) is 0 Å². The van der Waals surface area contributed by atoms with Gasteiger partial charge < -0.3 is 5.73 Å². The molecular formula is C12H20N2S. The Bertz CT molecular complexity index is 328. The molecule has 0 aromatic carbocycles. The van der Waals surface area contributed by atoms with Gasteiger partial charge in [-0.1, -0.05) is 20.3 Å². The van der Waals surface area contributed by atoms with E-state index in [1.54, 1.807) is 0 Å². The lowest BCUT2D eigenvalue weighted by molar-refractivity contribution is 0.626. The molecule has 1 heterocycles. The highest BCUT2D eigenvalue weighted by molar-refractivity contribution is 7.11. The summed E-state index contributed by atoms with van der Waals surface area (Å²) in [6, 6.07) is 0.214. The van der Waals surface area contributed by atoms with Gasteiger partial charge in [-0.15, -0.1) is 11.3 Å². The molecule has 1 fully saturated rings. The largest absolute Gasteiger partial charge is 0.322 e. The van der Waals surface area contributed by atoms with Gasteiger partial charge in [-0.25, -0.2) is 4.98 Å². The minimum atomic E-state index is 0.214. The number of hydrogen-bond donors (Lipinski definition) is 1. The zero-order valence-corrected chi connectivity index (χ0v) is 10.4. The maximum atomic E-state index is 6.18. The molecule has 15 heavy (non-hydrogen) atoms. The van der Waals surface area contributed by atoms with Gasteiger partial charge in [0, 0.05) is 4.88 Å². The number of nitrogens with two attached hydrogens (primary N) is 1. The van der Waals surface area contributed by atoms with Crippen LogP contribution in [0.1, 0.15) is 54.7 Å². The van der Waals surface area contributed by atoms with Crippen LogP contribution in [0.25, 0.3) is 0 Å². The molecule has 1 atom stereocenters. The first kappa shape index (κ1) is 11.1. The van der Waals surface area contributed by atoms with Gasteiger partial charge in [0.25, 0.3) is 0 Å². The summed E-state index contributed by atoms with van der Waals surface area (Å²) in [6.45, 7) is 4.42. The van der Waals surface area contributed by atoms with Crippen LogP contribution < -0.4 is 5.73 Å². The fourth-order valence-electron chi connectivity index (χ4n) is 1.91. The second-order valence-electron chi connectivity index (χ2n) is 4.39. The van der Waals surface area contributed by atoms with Crippen molar-refractivity contribution >= 4 is 11.3 Å². The number of nitrogens with zero attached hydrogens (tertiary/aromatic N) is 1. The molecule has 1 aliphatic rings. The zero-order chi connectivity index (χ0) is 10.8. The average molecular weight is 224 g/mol. The van der Waals surface area contributed by atoms with Crippen LogP contribution >= 0.6 is 11.3 Å². The number of thiazole rings is 1. The lowest BCUT2D eigenvalue weighted by Crippen LogP contribution is -2.11. The standard InChI is InChI=1S/C12H20N2S/c1-3-5-9-10(4-2)15-12(14-9)11(13)8-6-7-8/h8,11H,3-7,13H2,1-2H3. The summed E-state index contributed by atoms with van der Waals surface area (Å²) in [7, 11) is 0. The minimum absolute atomic E-state index is 0.214. The van der Waals surface area contributed by atoms with Crippen LogP contribution in [-0.4, -0.2) is 4.98 Å². The molecule has 0 aliphatic heterocycles. The van der Waals surface area contributed by atoms with Crippen molar-refractivity contribution in [3.05, 3.63) is 15.6 Å². The Labute approximate surface area is 95.9 Å². The maximum absolute atomic E-state index is 6.18. The van der Waals surface area contributed by atoms with Crippen molar-refractivity contribution < 1.29 is 0 Å². The van der Waals surface area contributed by atoms with Gasteiger partial charge in [0.15, 0.2) is 0 Å². The molecule has 2 nitrogen and oxygen atoms in total. The highest BCUT2D eigenvalue weighted by Crippen LogP contribution is 2.41. The van der Waals surface area contributed by atoms with E-state index in [0.717, 1.165) is 18.8 Å². The van der Waals surface area contributed by atoms with E-state index in [-0.39, 0.29) is 6.04 Å². The molecule has 2 N–H and O–H groups in total. The summed E-state index contributed by atoms with van der Waals surface area (Å²) in [5.74, 6) is 0.718. The lowest BCUT2D eigenvalue weighted by Gasteiger charge is -2.04. The van der Waals surface area contributed by atoms with Crippen LogP contribution in [-0.2, 0) is 12.8 Å². The Morgan fingerprint density at radius 2 is 2.20 bits per heavy atom. The molecule has 1 saturated carbocycles. The zero-order valence-electron chi connectivity index (χ0n) is 9.62. The molecular weight excluding hydrogens is 204 g/mol. The molecule has 84 valence electrons. The van der Waals surface area contributed by atoms with Gasteiger partial charge in [0.05, 0.1) is 11.7 Å². The number of aromatic nitrogens is 1. The summed E-state index contributed by atoms with van der Waals surface area (Å²) in [6.07, 6.45) is 5.98. The minimum Gasteiger partial charge on any atom is -0.322 e. The van der Waals surface area contributed by atoms with Crippen LogP contribution in [0.2, 0.25) is 0 Å². The maximum Gasteiger partial charge on any atom is 0.110 e. The molecule has 0 spiro atoms. The van der Waals surface area contributed by atoms with Crippen LogP contribution in [0, 0.1) is 5.92 Å². The van der Waals surface area contributed by atoms with Crippen LogP contribution in [0.15, 0.2) is 0 Å². The van der Waals surface area contributed by atoms with E-state index in [4.69, 9.17) is 10.7 Å².